The highest BCUT2D eigenvalue weighted by Gasteiger charge is 2.19. The van der Waals surface area contributed by atoms with Crippen LogP contribution in [0.3, 0.4) is 0 Å². The molecule has 0 aliphatic carbocycles. The van der Waals surface area contributed by atoms with Gasteiger partial charge >= 0.3 is 0 Å². The average Bonchev–Trinajstić information content (AvgIpc) is 2.55. The first kappa shape index (κ1) is 19.0. The van der Waals surface area contributed by atoms with E-state index in [2.05, 4.69) is 5.32 Å². The zero-order chi connectivity index (χ0) is 18.4. The zero-order valence-corrected chi connectivity index (χ0v) is 15.3. The van der Waals surface area contributed by atoms with Gasteiger partial charge in [0.15, 0.2) is 0 Å². The van der Waals surface area contributed by atoms with Gasteiger partial charge in [-0.3, -0.25) is 9.59 Å². The van der Waals surface area contributed by atoms with Gasteiger partial charge in [-0.2, -0.15) is 0 Å². The molecule has 2 aromatic rings. The van der Waals surface area contributed by atoms with Gasteiger partial charge in [0.25, 0.3) is 0 Å². The second-order valence-electron chi connectivity index (χ2n) is 5.79. The maximum atomic E-state index is 13.2. The normalized spacial score (nSPS) is 11.7. The largest absolute Gasteiger partial charge is 0.340 e. The Hall–Kier alpha value is -2.34. The van der Waals surface area contributed by atoms with Gasteiger partial charge in [0.1, 0.15) is 5.82 Å². The third-order valence-electron chi connectivity index (χ3n) is 3.52. The Balaban J connectivity index is 1.93. The van der Waals surface area contributed by atoms with E-state index >= 15 is 0 Å². The molecule has 0 aromatic heterocycles. The SMILES string of the molecule is CC(=O)Nc1ccc(S[C@@H](C)C(=O)N(C)Cc2cccc(F)c2)cc1. The summed E-state index contributed by atoms with van der Waals surface area (Å²) >= 11 is 1.44. The Labute approximate surface area is 151 Å². The van der Waals surface area contributed by atoms with Gasteiger partial charge in [-0.25, -0.2) is 4.39 Å². The van der Waals surface area contributed by atoms with Crippen molar-refractivity contribution in [3.8, 4) is 0 Å². The molecule has 25 heavy (non-hydrogen) atoms. The van der Waals surface area contributed by atoms with Crippen molar-refractivity contribution >= 4 is 29.3 Å². The first-order chi connectivity index (χ1) is 11.8. The lowest BCUT2D eigenvalue weighted by atomic mass is 10.2. The number of anilines is 1. The lowest BCUT2D eigenvalue weighted by molar-refractivity contribution is -0.129. The number of halogens is 1. The predicted octanol–water partition coefficient (Wildman–Crippen LogP) is 3.92. The predicted molar refractivity (Wildman–Crippen MR) is 98.9 cm³/mol. The maximum Gasteiger partial charge on any atom is 0.235 e. The molecule has 0 bridgehead atoms. The molecule has 2 aromatic carbocycles. The number of hydrogen-bond acceptors (Lipinski definition) is 3. The van der Waals surface area contributed by atoms with Crippen molar-refractivity contribution in [1.29, 1.82) is 0 Å². The molecule has 132 valence electrons. The molecule has 0 fully saturated rings. The molecule has 0 saturated carbocycles. The fourth-order valence-corrected chi connectivity index (χ4v) is 3.35. The summed E-state index contributed by atoms with van der Waals surface area (Å²) in [4.78, 5) is 26.1. The van der Waals surface area contributed by atoms with Gasteiger partial charge in [0, 0.05) is 31.1 Å². The number of carbonyl (C=O) groups is 2. The number of amides is 2. The molecule has 0 radical (unpaired) electrons. The lowest BCUT2D eigenvalue weighted by Crippen LogP contribution is -2.32. The van der Waals surface area contributed by atoms with Crippen LogP contribution in [0.1, 0.15) is 19.4 Å². The monoisotopic (exact) mass is 360 g/mol. The minimum Gasteiger partial charge on any atom is -0.340 e. The quantitative estimate of drug-likeness (QED) is 0.794. The molecule has 1 N–H and O–H groups in total. The third kappa shape index (κ3) is 5.90. The fourth-order valence-electron chi connectivity index (χ4n) is 2.37. The van der Waals surface area contributed by atoms with Crippen LogP contribution in [-0.2, 0) is 16.1 Å². The zero-order valence-electron chi connectivity index (χ0n) is 14.5. The van der Waals surface area contributed by atoms with Gasteiger partial charge < -0.3 is 10.2 Å². The van der Waals surface area contributed by atoms with E-state index in [-0.39, 0.29) is 22.9 Å². The third-order valence-corrected chi connectivity index (χ3v) is 4.62. The average molecular weight is 360 g/mol. The number of nitrogens with one attached hydrogen (secondary N) is 1. The van der Waals surface area contributed by atoms with E-state index in [1.165, 1.54) is 30.8 Å². The number of rotatable bonds is 6. The Morgan fingerprint density at radius 2 is 1.88 bits per heavy atom. The Kier molecular flexibility index (Phi) is 6.58. The molecule has 0 unspecified atom stereocenters. The number of nitrogens with zero attached hydrogens (tertiary/aromatic N) is 1. The summed E-state index contributed by atoms with van der Waals surface area (Å²) in [6.07, 6.45) is 0. The van der Waals surface area contributed by atoms with E-state index in [4.69, 9.17) is 0 Å². The van der Waals surface area contributed by atoms with E-state index in [0.29, 0.717) is 6.54 Å². The minimum absolute atomic E-state index is 0.0276. The number of benzene rings is 2. The van der Waals surface area contributed by atoms with Crippen molar-refractivity contribution in [1.82, 2.24) is 4.90 Å². The van der Waals surface area contributed by atoms with Gasteiger partial charge in [0.2, 0.25) is 11.8 Å². The molecular formula is C19H21FN2O2S. The number of carbonyl (C=O) groups excluding carboxylic acids is 2. The second-order valence-corrected chi connectivity index (χ2v) is 7.20. The van der Waals surface area contributed by atoms with E-state index in [9.17, 15) is 14.0 Å². The summed E-state index contributed by atoms with van der Waals surface area (Å²) < 4.78 is 13.2. The van der Waals surface area contributed by atoms with Crippen molar-refractivity contribution in [2.75, 3.05) is 12.4 Å². The van der Waals surface area contributed by atoms with Crippen LogP contribution in [0.4, 0.5) is 10.1 Å². The highest BCUT2D eigenvalue weighted by molar-refractivity contribution is 8.00. The number of hydrogen-bond donors (Lipinski definition) is 1. The molecule has 0 heterocycles. The van der Waals surface area contributed by atoms with Crippen molar-refractivity contribution in [3.63, 3.8) is 0 Å². The van der Waals surface area contributed by atoms with Crippen LogP contribution >= 0.6 is 11.8 Å². The highest BCUT2D eigenvalue weighted by Crippen LogP contribution is 2.26. The first-order valence-electron chi connectivity index (χ1n) is 7.89. The van der Waals surface area contributed by atoms with Crippen molar-refractivity contribution in [3.05, 3.63) is 59.9 Å². The molecule has 4 nitrogen and oxygen atoms in total. The van der Waals surface area contributed by atoms with Crippen LogP contribution in [0.2, 0.25) is 0 Å². The molecule has 2 rings (SSSR count). The van der Waals surface area contributed by atoms with Crippen molar-refractivity contribution < 1.29 is 14.0 Å². The first-order valence-corrected chi connectivity index (χ1v) is 8.77. The summed E-state index contributed by atoms with van der Waals surface area (Å²) in [6, 6.07) is 13.6. The lowest BCUT2D eigenvalue weighted by Gasteiger charge is -2.21. The fraction of sp³-hybridized carbons (Fsp3) is 0.263. The Bertz CT molecular complexity index is 749. The van der Waals surface area contributed by atoms with Crippen LogP contribution in [0.25, 0.3) is 0 Å². The van der Waals surface area contributed by atoms with E-state index < -0.39 is 0 Å². The van der Waals surface area contributed by atoms with E-state index in [1.54, 1.807) is 36.2 Å². The number of thioether (sulfide) groups is 1. The van der Waals surface area contributed by atoms with Crippen molar-refractivity contribution in [2.24, 2.45) is 0 Å². The molecular weight excluding hydrogens is 339 g/mol. The molecule has 6 heteroatoms. The summed E-state index contributed by atoms with van der Waals surface area (Å²) in [5, 5.41) is 2.43. The summed E-state index contributed by atoms with van der Waals surface area (Å²) in [5.74, 6) is -0.455. The minimum atomic E-state index is -0.306. The van der Waals surface area contributed by atoms with Crippen LogP contribution < -0.4 is 5.32 Å². The topological polar surface area (TPSA) is 49.4 Å². The summed E-state index contributed by atoms with van der Waals surface area (Å²) in [5.41, 5.74) is 1.48. The van der Waals surface area contributed by atoms with Crippen LogP contribution in [0.15, 0.2) is 53.4 Å². The molecule has 0 aliphatic rings. The maximum absolute atomic E-state index is 13.2. The van der Waals surface area contributed by atoms with E-state index in [1.807, 2.05) is 19.1 Å². The molecule has 0 spiro atoms. The van der Waals surface area contributed by atoms with Crippen molar-refractivity contribution in [2.45, 2.75) is 30.5 Å². The van der Waals surface area contributed by atoms with Crippen LogP contribution in [0.5, 0.6) is 0 Å². The highest BCUT2D eigenvalue weighted by atomic mass is 32.2. The van der Waals surface area contributed by atoms with Gasteiger partial charge in [-0.15, -0.1) is 11.8 Å². The Morgan fingerprint density at radius 1 is 1.20 bits per heavy atom. The molecule has 0 aliphatic heterocycles. The second kappa shape index (κ2) is 8.67. The van der Waals surface area contributed by atoms with Crippen LogP contribution in [-0.4, -0.2) is 29.0 Å². The van der Waals surface area contributed by atoms with E-state index in [0.717, 1.165) is 16.1 Å². The smallest absolute Gasteiger partial charge is 0.235 e. The molecule has 1 atom stereocenters. The summed E-state index contributed by atoms with van der Waals surface area (Å²) in [6.45, 7) is 3.66. The van der Waals surface area contributed by atoms with Crippen LogP contribution in [0, 0.1) is 5.82 Å². The molecule has 0 saturated heterocycles. The van der Waals surface area contributed by atoms with Gasteiger partial charge in [-0.05, 0) is 48.9 Å². The molecule has 2 amide bonds. The van der Waals surface area contributed by atoms with Gasteiger partial charge in [-0.1, -0.05) is 12.1 Å². The Morgan fingerprint density at radius 3 is 2.48 bits per heavy atom. The standard InChI is InChI=1S/C19H21FN2O2S/c1-13(25-18-9-7-17(8-10-18)21-14(2)23)19(24)22(3)12-15-5-4-6-16(20)11-15/h4-11,13H,12H2,1-3H3,(H,21,23)/t13-/m0/s1. The van der Waals surface area contributed by atoms with Gasteiger partial charge in [0.05, 0.1) is 5.25 Å². The summed E-state index contributed by atoms with van der Waals surface area (Å²) in [7, 11) is 1.71.